The first-order valence-electron chi connectivity index (χ1n) is 6.50. The van der Waals surface area contributed by atoms with Crippen molar-refractivity contribution in [2.24, 2.45) is 0 Å². The molecule has 0 aliphatic carbocycles. The summed E-state index contributed by atoms with van der Waals surface area (Å²) < 4.78 is 5.68. The smallest absolute Gasteiger partial charge is 0.339 e. The second kappa shape index (κ2) is 5.17. The predicted molar refractivity (Wildman–Crippen MR) is 72.9 cm³/mol. The van der Waals surface area contributed by atoms with Crippen LogP contribution in [0.25, 0.3) is 0 Å². The Morgan fingerprint density at radius 3 is 2.47 bits per heavy atom. The highest BCUT2D eigenvalue weighted by Gasteiger charge is 2.27. The third-order valence-corrected chi connectivity index (χ3v) is 3.26. The van der Waals surface area contributed by atoms with Crippen LogP contribution in [0.3, 0.4) is 0 Å². The summed E-state index contributed by atoms with van der Waals surface area (Å²) in [6.45, 7) is 9.02. The van der Waals surface area contributed by atoms with Crippen LogP contribution in [-0.2, 0) is 4.74 Å². The maximum atomic E-state index is 11.5. The summed E-state index contributed by atoms with van der Waals surface area (Å²) in [6, 6.07) is 1.81. The fourth-order valence-corrected chi connectivity index (χ4v) is 2.66. The highest BCUT2D eigenvalue weighted by Crippen LogP contribution is 2.25. The minimum Gasteiger partial charge on any atom is -0.478 e. The zero-order valence-electron chi connectivity index (χ0n) is 11.8. The van der Waals surface area contributed by atoms with E-state index >= 15 is 0 Å². The number of carboxylic acids is 1. The molecule has 2 rings (SSSR count). The first-order chi connectivity index (χ1) is 8.88. The van der Waals surface area contributed by atoms with Gasteiger partial charge in [0.1, 0.15) is 11.4 Å². The predicted octanol–water partition coefficient (Wildman–Crippen LogP) is 2.01. The SMILES string of the molecule is Cc1cc(C)c(C(=O)O)c(N2CC(C)OC(C)C2)n1. The van der Waals surface area contributed by atoms with E-state index in [9.17, 15) is 9.90 Å². The van der Waals surface area contributed by atoms with E-state index in [4.69, 9.17) is 4.74 Å². The second-order valence-electron chi connectivity index (χ2n) is 5.25. The lowest BCUT2D eigenvalue weighted by molar-refractivity contribution is -0.00558. The molecule has 0 saturated carbocycles. The second-order valence-corrected chi connectivity index (χ2v) is 5.25. The van der Waals surface area contributed by atoms with E-state index in [2.05, 4.69) is 4.98 Å². The first kappa shape index (κ1) is 13.8. The van der Waals surface area contributed by atoms with Gasteiger partial charge in [-0.1, -0.05) is 0 Å². The number of carboxylic acid groups (broad SMARTS) is 1. The molecule has 1 aliphatic heterocycles. The molecule has 2 atom stereocenters. The van der Waals surface area contributed by atoms with Crippen LogP contribution in [0, 0.1) is 13.8 Å². The summed E-state index contributed by atoms with van der Waals surface area (Å²) >= 11 is 0. The van der Waals surface area contributed by atoms with Crippen molar-refractivity contribution in [1.82, 2.24) is 4.98 Å². The summed E-state index contributed by atoms with van der Waals surface area (Å²) in [5, 5.41) is 9.40. The van der Waals surface area contributed by atoms with E-state index in [1.54, 1.807) is 6.07 Å². The third kappa shape index (κ3) is 2.87. The molecular formula is C14H20N2O3. The quantitative estimate of drug-likeness (QED) is 0.885. The summed E-state index contributed by atoms with van der Waals surface area (Å²) in [6.07, 6.45) is 0.154. The van der Waals surface area contributed by atoms with Crippen LogP contribution in [0.5, 0.6) is 0 Å². The van der Waals surface area contributed by atoms with Gasteiger partial charge >= 0.3 is 5.97 Å². The Morgan fingerprint density at radius 2 is 1.95 bits per heavy atom. The van der Waals surface area contributed by atoms with Crippen LogP contribution in [0.2, 0.25) is 0 Å². The molecule has 0 amide bonds. The monoisotopic (exact) mass is 264 g/mol. The minimum absolute atomic E-state index is 0.0769. The normalized spacial score (nSPS) is 23.5. The maximum absolute atomic E-state index is 11.5. The molecule has 19 heavy (non-hydrogen) atoms. The molecule has 2 unspecified atom stereocenters. The zero-order chi connectivity index (χ0) is 14.2. The number of ether oxygens (including phenoxy) is 1. The van der Waals surface area contributed by atoms with Gasteiger partial charge in [0.25, 0.3) is 0 Å². The summed E-state index contributed by atoms with van der Waals surface area (Å²) in [5.74, 6) is -0.362. The number of rotatable bonds is 2. The van der Waals surface area contributed by atoms with Gasteiger partial charge in [-0.15, -0.1) is 0 Å². The Kier molecular flexibility index (Phi) is 3.75. The van der Waals surface area contributed by atoms with E-state index in [0.29, 0.717) is 24.5 Å². The number of nitrogens with zero attached hydrogens (tertiary/aromatic N) is 2. The molecule has 1 saturated heterocycles. The third-order valence-electron chi connectivity index (χ3n) is 3.26. The van der Waals surface area contributed by atoms with E-state index < -0.39 is 5.97 Å². The number of pyridine rings is 1. The molecule has 5 nitrogen and oxygen atoms in total. The van der Waals surface area contributed by atoms with E-state index in [0.717, 1.165) is 11.3 Å². The summed E-state index contributed by atoms with van der Waals surface area (Å²) in [5.41, 5.74) is 1.89. The number of hydrogen-bond acceptors (Lipinski definition) is 4. The molecule has 5 heteroatoms. The maximum Gasteiger partial charge on any atom is 0.339 e. The lowest BCUT2D eigenvalue weighted by atomic mass is 10.1. The van der Waals surface area contributed by atoms with Crippen molar-refractivity contribution < 1.29 is 14.6 Å². The Balaban J connectivity index is 2.45. The average Bonchev–Trinajstić information content (AvgIpc) is 2.25. The van der Waals surface area contributed by atoms with E-state index in [1.165, 1.54) is 0 Å². The van der Waals surface area contributed by atoms with Crippen molar-refractivity contribution in [3.63, 3.8) is 0 Å². The van der Waals surface area contributed by atoms with Crippen molar-refractivity contribution in [2.75, 3.05) is 18.0 Å². The van der Waals surface area contributed by atoms with Gasteiger partial charge in [0.2, 0.25) is 0 Å². The van der Waals surface area contributed by atoms with Crippen LogP contribution in [-0.4, -0.2) is 41.4 Å². The lowest BCUT2D eigenvalue weighted by Crippen LogP contribution is -2.46. The molecule has 2 heterocycles. The van der Waals surface area contributed by atoms with Crippen molar-refractivity contribution in [3.8, 4) is 0 Å². The fraction of sp³-hybridized carbons (Fsp3) is 0.571. The van der Waals surface area contributed by atoms with Gasteiger partial charge in [-0.05, 0) is 39.3 Å². The lowest BCUT2D eigenvalue weighted by Gasteiger charge is -2.37. The number of aromatic carboxylic acids is 1. The Bertz CT molecular complexity index is 492. The number of aromatic nitrogens is 1. The van der Waals surface area contributed by atoms with Crippen molar-refractivity contribution in [3.05, 3.63) is 22.9 Å². The van der Waals surface area contributed by atoms with Gasteiger partial charge in [-0.3, -0.25) is 0 Å². The van der Waals surface area contributed by atoms with E-state index in [1.807, 2.05) is 32.6 Å². The number of anilines is 1. The van der Waals surface area contributed by atoms with Crippen molar-refractivity contribution >= 4 is 11.8 Å². The fourth-order valence-electron chi connectivity index (χ4n) is 2.66. The molecule has 1 fully saturated rings. The number of carbonyl (C=O) groups is 1. The van der Waals surface area contributed by atoms with Gasteiger partial charge in [0.15, 0.2) is 0 Å². The zero-order valence-corrected chi connectivity index (χ0v) is 11.8. The van der Waals surface area contributed by atoms with Gasteiger partial charge in [0.05, 0.1) is 12.2 Å². The molecule has 1 aliphatic rings. The van der Waals surface area contributed by atoms with Crippen molar-refractivity contribution in [2.45, 2.75) is 39.9 Å². The molecule has 0 spiro atoms. The molecule has 1 N–H and O–H groups in total. The Morgan fingerprint density at radius 1 is 1.37 bits per heavy atom. The van der Waals surface area contributed by atoms with Crippen LogP contribution < -0.4 is 4.90 Å². The molecule has 0 bridgehead atoms. The number of aryl methyl sites for hydroxylation is 2. The summed E-state index contributed by atoms with van der Waals surface area (Å²) in [4.78, 5) is 17.9. The van der Waals surface area contributed by atoms with Gasteiger partial charge in [-0.25, -0.2) is 9.78 Å². The minimum atomic E-state index is -0.924. The van der Waals surface area contributed by atoms with Crippen LogP contribution in [0.15, 0.2) is 6.07 Å². The van der Waals surface area contributed by atoms with Gasteiger partial charge in [0, 0.05) is 18.8 Å². The van der Waals surface area contributed by atoms with Gasteiger partial charge in [-0.2, -0.15) is 0 Å². The largest absolute Gasteiger partial charge is 0.478 e. The number of morpholine rings is 1. The molecule has 1 aromatic heterocycles. The van der Waals surface area contributed by atoms with Gasteiger partial charge < -0.3 is 14.7 Å². The van der Waals surface area contributed by atoms with Crippen LogP contribution >= 0.6 is 0 Å². The van der Waals surface area contributed by atoms with E-state index in [-0.39, 0.29) is 12.2 Å². The van der Waals surface area contributed by atoms with Crippen LogP contribution in [0.4, 0.5) is 5.82 Å². The van der Waals surface area contributed by atoms with Crippen LogP contribution in [0.1, 0.15) is 35.5 Å². The molecule has 0 radical (unpaired) electrons. The number of hydrogen-bond donors (Lipinski definition) is 1. The molecule has 1 aromatic rings. The molecule has 104 valence electrons. The van der Waals surface area contributed by atoms with Crippen molar-refractivity contribution in [1.29, 1.82) is 0 Å². The molecule has 0 aromatic carbocycles. The average molecular weight is 264 g/mol. The molecular weight excluding hydrogens is 244 g/mol. The Hall–Kier alpha value is -1.62. The topological polar surface area (TPSA) is 62.7 Å². The standard InChI is InChI=1S/C14H20N2O3/c1-8-5-9(2)15-13(12(8)14(17)18)16-6-10(3)19-11(4)7-16/h5,10-11H,6-7H2,1-4H3,(H,17,18). The first-order valence-corrected chi connectivity index (χ1v) is 6.50. The Labute approximate surface area is 113 Å². The highest BCUT2D eigenvalue weighted by molar-refractivity contribution is 5.95. The summed E-state index contributed by atoms with van der Waals surface area (Å²) in [7, 11) is 0. The highest BCUT2D eigenvalue weighted by atomic mass is 16.5.